The number of aromatic nitrogens is 1. The van der Waals surface area contributed by atoms with Crippen molar-refractivity contribution >= 4 is 11.9 Å². The molecule has 0 aromatic carbocycles. The van der Waals surface area contributed by atoms with Gasteiger partial charge in [0.15, 0.2) is 0 Å². The molecule has 1 saturated heterocycles. The second-order valence-electron chi connectivity index (χ2n) is 5.25. The zero-order chi connectivity index (χ0) is 14.0. The number of carbonyl (C=O) groups excluding carboxylic acids is 1. The van der Waals surface area contributed by atoms with Crippen molar-refractivity contribution in [2.75, 3.05) is 13.1 Å². The molecule has 1 aliphatic heterocycles. The van der Waals surface area contributed by atoms with E-state index in [1.165, 1.54) is 0 Å². The molecule has 2 heterocycles. The van der Waals surface area contributed by atoms with Crippen LogP contribution >= 0.6 is 0 Å². The number of aliphatic carboxylic acids is 1. The van der Waals surface area contributed by atoms with Crippen molar-refractivity contribution in [3.05, 3.63) is 29.6 Å². The van der Waals surface area contributed by atoms with E-state index in [1.54, 1.807) is 17.0 Å². The van der Waals surface area contributed by atoms with Crippen LogP contribution in [0.5, 0.6) is 0 Å². The highest BCUT2D eigenvalue weighted by Crippen LogP contribution is 2.23. The van der Waals surface area contributed by atoms with Gasteiger partial charge in [-0.2, -0.15) is 0 Å². The Bertz CT molecular complexity index is 501. The van der Waals surface area contributed by atoms with E-state index in [0.717, 1.165) is 5.69 Å². The van der Waals surface area contributed by atoms with Crippen LogP contribution in [0.1, 0.15) is 29.5 Å². The Balaban J connectivity index is 2.16. The minimum Gasteiger partial charge on any atom is -0.481 e. The fraction of sp³-hybridized carbons (Fsp3) is 0.500. The summed E-state index contributed by atoms with van der Waals surface area (Å²) in [5.74, 6) is -1.29. The number of hydrogen-bond donors (Lipinski definition) is 1. The predicted octanol–water partition coefficient (Wildman–Crippen LogP) is 1.57. The van der Waals surface area contributed by atoms with Gasteiger partial charge in [0, 0.05) is 18.8 Å². The Kier molecular flexibility index (Phi) is 3.83. The van der Waals surface area contributed by atoms with Crippen LogP contribution in [-0.4, -0.2) is 40.0 Å². The molecule has 0 radical (unpaired) electrons. The predicted molar refractivity (Wildman–Crippen MR) is 69.8 cm³/mol. The first-order valence-corrected chi connectivity index (χ1v) is 6.43. The largest absolute Gasteiger partial charge is 0.481 e. The molecule has 5 heteroatoms. The molecule has 0 bridgehead atoms. The lowest BCUT2D eigenvalue weighted by atomic mass is 9.90. The van der Waals surface area contributed by atoms with Gasteiger partial charge in [-0.3, -0.25) is 9.59 Å². The topological polar surface area (TPSA) is 70.5 Å². The van der Waals surface area contributed by atoms with Crippen LogP contribution in [0.4, 0.5) is 0 Å². The summed E-state index contributed by atoms with van der Waals surface area (Å²) >= 11 is 0. The Morgan fingerprint density at radius 1 is 1.37 bits per heavy atom. The van der Waals surface area contributed by atoms with E-state index >= 15 is 0 Å². The van der Waals surface area contributed by atoms with Crippen molar-refractivity contribution in [2.24, 2.45) is 11.8 Å². The van der Waals surface area contributed by atoms with E-state index in [-0.39, 0.29) is 18.4 Å². The fourth-order valence-corrected chi connectivity index (χ4v) is 2.52. The smallest absolute Gasteiger partial charge is 0.308 e. The molecule has 0 spiro atoms. The van der Waals surface area contributed by atoms with Gasteiger partial charge in [-0.1, -0.05) is 13.0 Å². The Hall–Kier alpha value is -1.91. The number of likely N-dealkylation sites (tertiary alicyclic amines) is 1. The zero-order valence-electron chi connectivity index (χ0n) is 11.2. The average Bonchev–Trinajstić information content (AvgIpc) is 2.37. The van der Waals surface area contributed by atoms with Crippen LogP contribution < -0.4 is 0 Å². The molecular weight excluding hydrogens is 244 g/mol. The molecule has 2 atom stereocenters. The lowest BCUT2D eigenvalue weighted by Crippen LogP contribution is -2.45. The number of carboxylic acids is 1. The highest BCUT2D eigenvalue weighted by molar-refractivity contribution is 5.92. The van der Waals surface area contributed by atoms with E-state index in [1.807, 2.05) is 19.9 Å². The van der Waals surface area contributed by atoms with Gasteiger partial charge in [-0.15, -0.1) is 0 Å². The number of piperidine rings is 1. The van der Waals surface area contributed by atoms with Crippen molar-refractivity contribution in [3.63, 3.8) is 0 Å². The van der Waals surface area contributed by atoms with Gasteiger partial charge in [0.1, 0.15) is 5.69 Å². The maximum Gasteiger partial charge on any atom is 0.308 e. The van der Waals surface area contributed by atoms with Gasteiger partial charge in [-0.25, -0.2) is 4.98 Å². The SMILES string of the molecule is Cc1cccc(C(=O)N2CC(C)CC(C(=O)O)C2)n1. The minimum absolute atomic E-state index is 0.179. The Labute approximate surface area is 112 Å². The van der Waals surface area contributed by atoms with Gasteiger partial charge in [0.2, 0.25) is 0 Å². The van der Waals surface area contributed by atoms with Crippen LogP contribution in [0.3, 0.4) is 0 Å². The molecule has 2 unspecified atom stereocenters. The maximum absolute atomic E-state index is 12.3. The van der Waals surface area contributed by atoms with Crippen LogP contribution in [0, 0.1) is 18.8 Å². The lowest BCUT2D eigenvalue weighted by Gasteiger charge is -2.34. The first-order chi connectivity index (χ1) is 8.97. The van der Waals surface area contributed by atoms with E-state index in [0.29, 0.717) is 18.7 Å². The van der Waals surface area contributed by atoms with Crippen LogP contribution in [0.25, 0.3) is 0 Å². The van der Waals surface area contributed by atoms with E-state index in [4.69, 9.17) is 5.11 Å². The summed E-state index contributed by atoms with van der Waals surface area (Å²) in [6.07, 6.45) is 0.625. The molecule has 5 nitrogen and oxygen atoms in total. The second kappa shape index (κ2) is 5.38. The second-order valence-corrected chi connectivity index (χ2v) is 5.25. The summed E-state index contributed by atoms with van der Waals surface area (Å²) in [6.45, 7) is 4.67. The van der Waals surface area contributed by atoms with Gasteiger partial charge in [0.05, 0.1) is 5.92 Å². The summed E-state index contributed by atoms with van der Waals surface area (Å²) in [7, 11) is 0. The molecule has 1 aromatic rings. The van der Waals surface area contributed by atoms with E-state index in [2.05, 4.69) is 4.98 Å². The molecule has 0 aliphatic carbocycles. The first-order valence-electron chi connectivity index (χ1n) is 6.43. The third kappa shape index (κ3) is 3.10. The summed E-state index contributed by atoms with van der Waals surface area (Å²) in [4.78, 5) is 29.3. The summed E-state index contributed by atoms with van der Waals surface area (Å²) in [5.41, 5.74) is 1.17. The van der Waals surface area contributed by atoms with Gasteiger partial charge in [0.25, 0.3) is 5.91 Å². The maximum atomic E-state index is 12.3. The van der Waals surface area contributed by atoms with Crippen molar-refractivity contribution in [1.29, 1.82) is 0 Å². The molecule has 1 aromatic heterocycles. The van der Waals surface area contributed by atoms with Crippen molar-refractivity contribution in [1.82, 2.24) is 9.88 Å². The standard InChI is InChI=1S/C14H18N2O3/c1-9-6-11(14(18)19)8-16(7-9)13(17)12-5-3-4-10(2)15-12/h3-5,9,11H,6-8H2,1-2H3,(H,18,19). The monoisotopic (exact) mass is 262 g/mol. The van der Waals surface area contributed by atoms with Crippen LogP contribution in [0.15, 0.2) is 18.2 Å². The first kappa shape index (κ1) is 13.5. The lowest BCUT2D eigenvalue weighted by molar-refractivity contribution is -0.143. The number of hydrogen-bond acceptors (Lipinski definition) is 3. The fourth-order valence-electron chi connectivity index (χ4n) is 2.52. The molecule has 1 fully saturated rings. The average molecular weight is 262 g/mol. The van der Waals surface area contributed by atoms with E-state index in [9.17, 15) is 9.59 Å². The summed E-state index contributed by atoms with van der Waals surface area (Å²) < 4.78 is 0. The number of carbonyl (C=O) groups is 2. The third-order valence-corrected chi connectivity index (χ3v) is 3.40. The normalized spacial score (nSPS) is 23.2. The quantitative estimate of drug-likeness (QED) is 0.878. The number of aryl methyl sites for hydroxylation is 1. The summed E-state index contributed by atoms with van der Waals surface area (Å²) in [5, 5.41) is 9.12. The molecule has 19 heavy (non-hydrogen) atoms. The van der Waals surface area contributed by atoms with Gasteiger partial charge < -0.3 is 10.0 Å². The number of rotatable bonds is 2. The summed E-state index contributed by atoms with van der Waals surface area (Å²) in [6, 6.07) is 5.29. The number of pyridine rings is 1. The van der Waals surface area contributed by atoms with Crippen molar-refractivity contribution < 1.29 is 14.7 Å². The molecule has 0 saturated carbocycles. The Morgan fingerprint density at radius 3 is 2.74 bits per heavy atom. The minimum atomic E-state index is -0.832. The highest BCUT2D eigenvalue weighted by atomic mass is 16.4. The molecule has 1 amide bonds. The molecular formula is C14H18N2O3. The van der Waals surface area contributed by atoms with E-state index < -0.39 is 11.9 Å². The van der Waals surface area contributed by atoms with Crippen LogP contribution in [-0.2, 0) is 4.79 Å². The molecule has 1 N–H and O–H groups in total. The molecule has 2 rings (SSSR count). The van der Waals surface area contributed by atoms with Gasteiger partial charge >= 0.3 is 5.97 Å². The Morgan fingerprint density at radius 2 is 2.11 bits per heavy atom. The van der Waals surface area contributed by atoms with Crippen molar-refractivity contribution in [2.45, 2.75) is 20.3 Å². The number of nitrogens with zero attached hydrogens (tertiary/aromatic N) is 2. The van der Waals surface area contributed by atoms with Crippen molar-refractivity contribution in [3.8, 4) is 0 Å². The number of amides is 1. The zero-order valence-corrected chi connectivity index (χ0v) is 11.2. The van der Waals surface area contributed by atoms with Crippen LogP contribution in [0.2, 0.25) is 0 Å². The number of carboxylic acid groups (broad SMARTS) is 1. The highest BCUT2D eigenvalue weighted by Gasteiger charge is 2.32. The molecule has 102 valence electrons. The third-order valence-electron chi connectivity index (χ3n) is 3.40. The van der Waals surface area contributed by atoms with Gasteiger partial charge in [-0.05, 0) is 31.4 Å². The molecule has 1 aliphatic rings.